The maximum Gasteiger partial charge on any atom is 0.353 e. The minimum atomic E-state index is -0.301. The molecule has 0 atom stereocenters. The highest BCUT2D eigenvalue weighted by molar-refractivity contribution is 7.20. The summed E-state index contributed by atoms with van der Waals surface area (Å²) in [5.41, 5.74) is 4.99. The topological polar surface area (TPSA) is 26.3 Å². The third-order valence-corrected chi connectivity index (χ3v) is 6.30. The van der Waals surface area contributed by atoms with Crippen LogP contribution < -0.4 is 4.74 Å². The fraction of sp³-hybridized carbons (Fsp3) is 0.222. The number of hydrogen-bond donors (Lipinski definition) is 0. The third-order valence-electron chi connectivity index (χ3n) is 5.22. The lowest BCUT2D eigenvalue weighted by atomic mass is 10.0. The molecule has 0 saturated heterocycles. The molecular formula is C27H26O2S. The zero-order chi connectivity index (χ0) is 20.9. The molecule has 0 unspecified atom stereocenters. The molecule has 0 N–H and O–H groups in total. The first-order valence-corrected chi connectivity index (χ1v) is 11.4. The maximum absolute atomic E-state index is 12.6. The van der Waals surface area contributed by atoms with Crippen molar-refractivity contribution in [2.75, 3.05) is 0 Å². The molecule has 0 aliphatic heterocycles. The Labute approximate surface area is 182 Å². The van der Waals surface area contributed by atoms with Crippen LogP contribution in [0.1, 0.15) is 47.5 Å². The van der Waals surface area contributed by atoms with E-state index in [2.05, 4.69) is 56.3 Å². The van der Waals surface area contributed by atoms with Crippen LogP contribution in [0.5, 0.6) is 5.75 Å². The molecule has 0 aliphatic carbocycles. The summed E-state index contributed by atoms with van der Waals surface area (Å²) in [4.78, 5) is 13.3. The second-order valence-corrected chi connectivity index (χ2v) is 8.68. The Morgan fingerprint density at radius 2 is 1.37 bits per heavy atom. The van der Waals surface area contributed by atoms with E-state index in [9.17, 15) is 4.79 Å². The van der Waals surface area contributed by atoms with Gasteiger partial charge in [-0.15, -0.1) is 11.3 Å². The highest BCUT2D eigenvalue weighted by Gasteiger charge is 2.13. The van der Waals surface area contributed by atoms with Gasteiger partial charge in [0.25, 0.3) is 0 Å². The molecule has 0 bridgehead atoms. The Morgan fingerprint density at radius 1 is 0.767 bits per heavy atom. The number of ether oxygens (including phenoxy) is 1. The van der Waals surface area contributed by atoms with E-state index in [4.69, 9.17) is 4.74 Å². The van der Waals surface area contributed by atoms with Crippen molar-refractivity contribution in [1.82, 2.24) is 0 Å². The first kappa shape index (κ1) is 20.4. The third kappa shape index (κ3) is 4.63. The summed E-state index contributed by atoms with van der Waals surface area (Å²) in [6, 6.07) is 24.8. The number of thiophene rings is 1. The van der Waals surface area contributed by atoms with E-state index < -0.39 is 0 Å². The summed E-state index contributed by atoms with van der Waals surface area (Å²) in [6.45, 7) is 4.35. The summed E-state index contributed by atoms with van der Waals surface area (Å²) in [6.07, 6.45) is 4.40. The largest absolute Gasteiger partial charge is 0.422 e. The van der Waals surface area contributed by atoms with Gasteiger partial charge in [-0.1, -0.05) is 75.2 Å². The number of benzene rings is 3. The molecule has 0 saturated carbocycles. The van der Waals surface area contributed by atoms with Gasteiger partial charge < -0.3 is 4.74 Å². The molecule has 4 rings (SSSR count). The molecule has 0 amide bonds. The van der Waals surface area contributed by atoms with Gasteiger partial charge in [0.15, 0.2) is 0 Å². The predicted molar refractivity (Wildman–Crippen MR) is 127 cm³/mol. The number of aryl methyl sites for hydroxylation is 2. The minimum Gasteiger partial charge on any atom is -0.422 e. The smallest absolute Gasteiger partial charge is 0.353 e. The zero-order valence-corrected chi connectivity index (χ0v) is 18.3. The van der Waals surface area contributed by atoms with E-state index in [1.807, 2.05) is 30.3 Å². The molecule has 0 aliphatic rings. The molecule has 152 valence electrons. The van der Waals surface area contributed by atoms with Gasteiger partial charge in [0, 0.05) is 4.70 Å². The highest BCUT2D eigenvalue weighted by Crippen LogP contribution is 2.31. The van der Waals surface area contributed by atoms with Gasteiger partial charge in [0.05, 0.1) is 0 Å². The molecule has 0 spiro atoms. The van der Waals surface area contributed by atoms with Crippen LogP contribution in [-0.2, 0) is 12.8 Å². The van der Waals surface area contributed by atoms with Crippen molar-refractivity contribution in [2.24, 2.45) is 0 Å². The Balaban J connectivity index is 1.52. The van der Waals surface area contributed by atoms with Crippen LogP contribution in [0, 0.1) is 0 Å². The Kier molecular flexibility index (Phi) is 6.29. The molecular weight excluding hydrogens is 388 g/mol. The average Bonchev–Trinajstić information content (AvgIpc) is 3.20. The van der Waals surface area contributed by atoms with Crippen molar-refractivity contribution in [1.29, 1.82) is 0 Å². The van der Waals surface area contributed by atoms with E-state index in [1.54, 1.807) is 0 Å². The lowest BCUT2D eigenvalue weighted by Crippen LogP contribution is -2.06. The fourth-order valence-corrected chi connectivity index (χ4v) is 4.61. The zero-order valence-electron chi connectivity index (χ0n) is 17.5. The standard InChI is InChI=1S/C27H26O2S/c1-3-5-19-7-11-21(12-8-19)22-13-14-23-18-26(30-25(23)17-22)27(28)29-24-15-9-20(6-4-2)10-16-24/h7-18H,3-6H2,1-2H3. The molecule has 4 aromatic rings. The summed E-state index contributed by atoms with van der Waals surface area (Å²) in [7, 11) is 0. The van der Waals surface area contributed by atoms with Crippen molar-refractivity contribution < 1.29 is 9.53 Å². The van der Waals surface area contributed by atoms with Crippen LogP contribution in [0.4, 0.5) is 0 Å². The first-order valence-electron chi connectivity index (χ1n) is 10.6. The summed E-state index contributed by atoms with van der Waals surface area (Å²) < 4.78 is 6.68. The normalized spacial score (nSPS) is 11.0. The molecule has 30 heavy (non-hydrogen) atoms. The van der Waals surface area contributed by atoms with Crippen LogP contribution in [0.3, 0.4) is 0 Å². The molecule has 3 aromatic carbocycles. The monoisotopic (exact) mass is 414 g/mol. The van der Waals surface area contributed by atoms with Crippen LogP contribution in [0.25, 0.3) is 21.2 Å². The number of esters is 1. The molecule has 2 nitrogen and oxygen atoms in total. The second kappa shape index (κ2) is 9.27. The number of rotatable bonds is 7. The SMILES string of the molecule is CCCc1ccc(OC(=O)c2cc3ccc(-c4ccc(CCC)cc4)cc3s2)cc1. The number of carbonyl (C=O) groups excluding carboxylic acids is 1. The van der Waals surface area contributed by atoms with E-state index in [0.717, 1.165) is 35.8 Å². The van der Waals surface area contributed by atoms with Gasteiger partial charge >= 0.3 is 5.97 Å². The van der Waals surface area contributed by atoms with Gasteiger partial charge in [-0.25, -0.2) is 4.79 Å². The summed E-state index contributed by atoms with van der Waals surface area (Å²) in [5, 5.41) is 1.07. The summed E-state index contributed by atoms with van der Waals surface area (Å²) >= 11 is 1.48. The van der Waals surface area contributed by atoms with Crippen molar-refractivity contribution >= 4 is 27.4 Å². The lowest BCUT2D eigenvalue weighted by molar-refractivity contribution is 0.0740. The van der Waals surface area contributed by atoms with Crippen LogP contribution in [-0.4, -0.2) is 5.97 Å². The van der Waals surface area contributed by atoms with Gasteiger partial charge in [-0.2, -0.15) is 0 Å². The Bertz CT molecular complexity index is 1140. The van der Waals surface area contributed by atoms with Crippen LogP contribution in [0.15, 0.2) is 72.8 Å². The van der Waals surface area contributed by atoms with Crippen LogP contribution in [0.2, 0.25) is 0 Å². The second-order valence-electron chi connectivity index (χ2n) is 7.59. The van der Waals surface area contributed by atoms with Crippen LogP contribution >= 0.6 is 11.3 Å². The molecule has 1 heterocycles. The quantitative estimate of drug-likeness (QED) is 0.229. The molecule has 0 radical (unpaired) electrons. The molecule has 3 heteroatoms. The predicted octanol–water partition coefficient (Wildman–Crippen LogP) is 7.69. The first-order chi connectivity index (χ1) is 14.7. The van der Waals surface area contributed by atoms with Crippen molar-refractivity contribution in [3.8, 4) is 16.9 Å². The maximum atomic E-state index is 12.6. The molecule has 0 fully saturated rings. The fourth-order valence-electron chi connectivity index (χ4n) is 3.63. The minimum absolute atomic E-state index is 0.301. The Hall–Kier alpha value is -2.91. The van der Waals surface area contributed by atoms with Crippen molar-refractivity contribution in [2.45, 2.75) is 39.5 Å². The van der Waals surface area contributed by atoms with Crippen molar-refractivity contribution in [3.63, 3.8) is 0 Å². The Morgan fingerprint density at radius 3 is 2.00 bits per heavy atom. The number of fused-ring (bicyclic) bond motifs is 1. The van der Waals surface area contributed by atoms with Crippen molar-refractivity contribution in [3.05, 3.63) is 88.8 Å². The van der Waals surface area contributed by atoms with Gasteiger partial charge in [-0.3, -0.25) is 0 Å². The van der Waals surface area contributed by atoms with Gasteiger partial charge in [-0.05, 0) is 64.7 Å². The number of carbonyl (C=O) groups is 1. The highest BCUT2D eigenvalue weighted by atomic mass is 32.1. The van der Waals surface area contributed by atoms with E-state index >= 15 is 0 Å². The number of hydrogen-bond acceptors (Lipinski definition) is 3. The lowest BCUT2D eigenvalue weighted by Gasteiger charge is -2.04. The van der Waals surface area contributed by atoms with E-state index in [0.29, 0.717) is 10.6 Å². The van der Waals surface area contributed by atoms with E-state index in [1.165, 1.54) is 33.6 Å². The molecule has 1 aromatic heterocycles. The van der Waals surface area contributed by atoms with Gasteiger partial charge in [0.1, 0.15) is 10.6 Å². The van der Waals surface area contributed by atoms with Gasteiger partial charge in [0.2, 0.25) is 0 Å². The summed E-state index contributed by atoms with van der Waals surface area (Å²) in [5.74, 6) is 0.287. The average molecular weight is 415 g/mol. The van der Waals surface area contributed by atoms with E-state index in [-0.39, 0.29) is 5.97 Å².